The Balaban J connectivity index is 1.58. The van der Waals surface area contributed by atoms with E-state index < -0.39 is 6.04 Å². The first kappa shape index (κ1) is 22.7. The molecule has 2 aliphatic rings. The molecule has 2 aliphatic heterocycles. The van der Waals surface area contributed by atoms with Crippen LogP contribution in [0.3, 0.4) is 0 Å². The molecule has 34 heavy (non-hydrogen) atoms. The molecule has 8 nitrogen and oxygen atoms in total. The molecule has 5 rings (SSSR count). The molecule has 0 aliphatic carbocycles. The molecule has 4 heterocycles. The zero-order chi connectivity index (χ0) is 23.9. The summed E-state index contributed by atoms with van der Waals surface area (Å²) in [6.45, 7) is 5.63. The molecule has 0 unspecified atom stereocenters. The minimum Gasteiger partial charge on any atom is -0.497 e. The lowest BCUT2D eigenvalue weighted by Crippen LogP contribution is -2.67. The van der Waals surface area contributed by atoms with Crippen LogP contribution in [-0.4, -0.2) is 70.4 Å². The lowest BCUT2D eigenvalue weighted by atomic mass is 9.68. The molecule has 0 saturated carbocycles. The SMILES string of the molecule is CCCNC(=O)N1CC2(CN(Cc3cccnc3)C2)c2c(n(C)c3cc(OC)ccc23)[C@H]1CO. The molecule has 2 amide bonds. The third kappa shape index (κ3) is 3.61. The molecule has 1 aromatic carbocycles. The van der Waals surface area contributed by atoms with Gasteiger partial charge in [0.15, 0.2) is 0 Å². The number of amides is 2. The summed E-state index contributed by atoms with van der Waals surface area (Å²) in [4.78, 5) is 21.7. The largest absolute Gasteiger partial charge is 0.497 e. The molecule has 0 bridgehead atoms. The van der Waals surface area contributed by atoms with Crippen LogP contribution < -0.4 is 10.1 Å². The number of benzene rings is 1. The van der Waals surface area contributed by atoms with E-state index in [9.17, 15) is 9.90 Å². The van der Waals surface area contributed by atoms with E-state index in [1.165, 1.54) is 16.5 Å². The van der Waals surface area contributed by atoms with Gasteiger partial charge in [0.25, 0.3) is 0 Å². The first-order chi connectivity index (χ1) is 16.5. The van der Waals surface area contributed by atoms with Gasteiger partial charge in [-0.1, -0.05) is 13.0 Å². The quantitative estimate of drug-likeness (QED) is 0.588. The molecule has 180 valence electrons. The second-order valence-corrected chi connectivity index (χ2v) is 9.55. The van der Waals surface area contributed by atoms with Crippen molar-refractivity contribution in [1.29, 1.82) is 0 Å². The summed E-state index contributed by atoms with van der Waals surface area (Å²) in [6.07, 6.45) is 4.57. The van der Waals surface area contributed by atoms with Crippen LogP contribution in [0, 0.1) is 0 Å². The molecule has 3 aromatic rings. The number of carbonyl (C=O) groups is 1. The van der Waals surface area contributed by atoms with Crippen molar-refractivity contribution in [2.75, 3.05) is 39.9 Å². The van der Waals surface area contributed by atoms with Crippen LogP contribution >= 0.6 is 0 Å². The topological polar surface area (TPSA) is 82.9 Å². The van der Waals surface area contributed by atoms with Crippen LogP contribution in [0.1, 0.15) is 36.2 Å². The summed E-state index contributed by atoms with van der Waals surface area (Å²) in [7, 11) is 3.70. The average molecular weight is 464 g/mol. The van der Waals surface area contributed by atoms with Crippen molar-refractivity contribution in [2.24, 2.45) is 7.05 Å². The number of fused-ring (bicyclic) bond motifs is 4. The van der Waals surface area contributed by atoms with Gasteiger partial charge in [0, 0.05) is 74.7 Å². The number of methoxy groups -OCH3 is 1. The highest BCUT2D eigenvalue weighted by molar-refractivity contribution is 5.90. The number of ether oxygens (including phenoxy) is 1. The summed E-state index contributed by atoms with van der Waals surface area (Å²) in [6, 6.07) is 9.72. The Morgan fingerprint density at radius 2 is 2.12 bits per heavy atom. The number of nitrogens with zero attached hydrogens (tertiary/aromatic N) is 4. The minimum absolute atomic E-state index is 0.112. The fraction of sp³-hybridized carbons (Fsp3) is 0.462. The van der Waals surface area contributed by atoms with Crippen molar-refractivity contribution in [3.63, 3.8) is 0 Å². The lowest BCUT2D eigenvalue weighted by Gasteiger charge is -2.56. The second kappa shape index (κ2) is 8.92. The van der Waals surface area contributed by atoms with Crippen LogP contribution in [0.15, 0.2) is 42.7 Å². The zero-order valence-electron chi connectivity index (χ0n) is 20.1. The number of aryl methyl sites for hydroxylation is 1. The summed E-state index contributed by atoms with van der Waals surface area (Å²) in [5, 5.41) is 14.7. The van der Waals surface area contributed by atoms with Crippen LogP contribution in [-0.2, 0) is 19.0 Å². The van der Waals surface area contributed by atoms with E-state index in [-0.39, 0.29) is 18.1 Å². The Hall–Kier alpha value is -3.10. The molecule has 1 atom stereocenters. The summed E-state index contributed by atoms with van der Waals surface area (Å²) in [5.74, 6) is 0.796. The summed E-state index contributed by atoms with van der Waals surface area (Å²) < 4.78 is 7.63. The number of rotatable bonds is 6. The molecule has 8 heteroatoms. The summed E-state index contributed by atoms with van der Waals surface area (Å²) in [5.41, 5.74) is 4.32. The van der Waals surface area contributed by atoms with E-state index in [1.54, 1.807) is 13.3 Å². The van der Waals surface area contributed by atoms with Gasteiger partial charge in [-0.05, 0) is 35.7 Å². The van der Waals surface area contributed by atoms with Crippen molar-refractivity contribution in [3.8, 4) is 5.75 Å². The number of hydrogen-bond acceptors (Lipinski definition) is 5. The monoisotopic (exact) mass is 463 g/mol. The average Bonchev–Trinajstić information content (AvgIpc) is 3.14. The molecule has 2 aromatic heterocycles. The van der Waals surface area contributed by atoms with Gasteiger partial charge in [-0.3, -0.25) is 9.88 Å². The van der Waals surface area contributed by atoms with Gasteiger partial charge in [0.1, 0.15) is 5.75 Å². The van der Waals surface area contributed by atoms with Gasteiger partial charge < -0.3 is 24.6 Å². The Bertz CT molecular complexity index is 1190. The van der Waals surface area contributed by atoms with Crippen molar-refractivity contribution >= 4 is 16.9 Å². The van der Waals surface area contributed by atoms with Gasteiger partial charge in [-0.25, -0.2) is 4.79 Å². The first-order valence-corrected chi connectivity index (χ1v) is 11.9. The second-order valence-electron chi connectivity index (χ2n) is 9.55. The van der Waals surface area contributed by atoms with Crippen molar-refractivity contribution in [3.05, 3.63) is 59.5 Å². The number of hydrogen-bond donors (Lipinski definition) is 2. The van der Waals surface area contributed by atoms with Gasteiger partial charge in [-0.15, -0.1) is 0 Å². The van der Waals surface area contributed by atoms with Gasteiger partial charge >= 0.3 is 6.03 Å². The van der Waals surface area contributed by atoms with Crippen LogP contribution in [0.4, 0.5) is 4.79 Å². The van der Waals surface area contributed by atoms with Gasteiger partial charge in [-0.2, -0.15) is 0 Å². The van der Waals surface area contributed by atoms with Crippen LogP contribution in [0.5, 0.6) is 5.75 Å². The fourth-order valence-electron chi connectivity index (χ4n) is 5.83. The smallest absolute Gasteiger partial charge is 0.318 e. The standard InChI is InChI=1S/C26H33N5O3/c1-4-9-28-25(33)31-17-26(15-30(16-26)13-18-6-5-10-27-12-18)23-20-8-7-19(34-3)11-21(20)29(2)24(23)22(31)14-32/h5-8,10-12,22,32H,4,9,13-17H2,1-3H3,(H,28,33)/t22-/m1/s1. The fourth-order valence-corrected chi connectivity index (χ4v) is 5.83. The summed E-state index contributed by atoms with van der Waals surface area (Å²) >= 11 is 0. The van der Waals surface area contributed by atoms with E-state index >= 15 is 0 Å². The van der Waals surface area contributed by atoms with Crippen LogP contribution in [0.25, 0.3) is 10.9 Å². The number of likely N-dealkylation sites (tertiary alicyclic amines) is 1. The normalized spacial score (nSPS) is 19.2. The number of nitrogens with one attached hydrogen (secondary N) is 1. The highest BCUT2D eigenvalue weighted by Gasteiger charge is 2.54. The molecule has 1 spiro atoms. The maximum absolute atomic E-state index is 13.2. The predicted molar refractivity (Wildman–Crippen MR) is 131 cm³/mol. The third-order valence-corrected chi connectivity index (χ3v) is 7.29. The third-order valence-electron chi connectivity index (χ3n) is 7.29. The predicted octanol–water partition coefficient (Wildman–Crippen LogP) is 2.80. The van der Waals surface area contributed by atoms with E-state index in [0.717, 1.165) is 43.0 Å². The van der Waals surface area contributed by atoms with Crippen molar-refractivity contribution in [1.82, 2.24) is 24.7 Å². The van der Waals surface area contributed by atoms with Crippen molar-refractivity contribution in [2.45, 2.75) is 31.3 Å². The Labute approximate surface area is 200 Å². The van der Waals surface area contributed by atoms with E-state index in [1.807, 2.05) is 43.3 Å². The maximum atomic E-state index is 13.2. The Kier molecular flexibility index (Phi) is 5.95. The Morgan fingerprint density at radius 3 is 2.79 bits per heavy atom. The molecular formula is C26H33N5O3. The minimum atomic E-state index is -0.395. The van der Waals surface area contributed by atoms with E-state index in [2.05, 4.69) is 31.9 Å². The number of aliphatic hydroxyl groups is 1. The first-order valence-electron chi connectivity index (χ1n) is 11.9. The number of aromatic nitrogens is 2. The number of aliphatic hydroxyl groups excluding tert-OH is 1. The molecule has 1 saturated heterocycles. The molecule has 0 radical (unpaired) electrons. The van der Waals surface area contributed by atoms with Gasteiger partial charge in [0.05, 0.1) is 25.3 Å². The van der Waals surface area contributed by atoms with Crippen LogP contribution in [0.2, 0.25) is 0 Å². The van der Waals surface area contributed by atoms with Crippen molar-refractivity contribution < 1.29 is 14.6 Å². The number of urea groups is 1. The maximum Gasteiger partial charge on any atom is 0.318 e. The van der Waals surface area contributed by atoms with E-state index in [4.69, 9.17) is 4.74 Å². The highest BCUT2D eigenvalue weighted by Crippen LogP contribution is 2.49. The molecule has 2 N–H and O–H groups in total. The Morgan fingerprint density at radius 1 is 1.29 bits per heavy atom. The van der Waals surface area contributed by atoms with E-state index in [0.29, 0.717) is 13.1 Å². The molecular weight excluding hydrogens is 430 g/mol. The lowest BCUT2D eigenvalue weighted by molar-refractivity contribution is 0.00548. The number of carbonyl (C=O) groups excluding carboxylic acids is 1. The van der Waals surface area contributed by atoms with Gasteiger partial charge in [0.2, 0.25) is 0 Å². The number of pyridine rings is 1. The highest BCUT2D eigenvalue weighted by atomic mass is 16.5. The zero-order valence-corrected chi connectivity index (χ0v) is 20.1. The molecule has 1 fully saturated rings.